The minimum Gasteiger partial charge on any atom is -0.457 e. The van der Waals surface area contributed by atoms with Crippen molar-refractivity contribution >= 4 is 39.9 Å². The molecule has 7 heteroatoms. The number of carbonyl (C=O) groups excluding carboxylic acids is 1. The molecular formula is C29H28N4O2S. The fourth-order valence-electron chi connectivity index (χ4n) is 4.39. The maximum Gasteiger partial charge on any atom is 0.237 e. The zero-order valence-electron chi connectivity index (χ0n) is 20.8. The highest BCUT2D eigenvalue weighted by molar-refractivity contribution is 8.00. The van der Waals surface area contributed by atoms with Crippen LogP contribution in [0.1, 0.15) is 30.0 Å². The summed E-state index contributed by atoms with van der Waals surface area (Å²) in [7, 11) is 0. The van der Waals surface area contributed by atoms with Gasteiger partial charge in [-0.05, 0) is 86.8 Å². The Labute approximate surface area is 214 Å². The average molecular weight is 497 g/mol. The molecule has 0 radical (unpaired) electrons. The van der Waals surface area contributed by atoms with E-state index in [0.717, 1.165) is 38.9 Å². The van der Waals surface area contributed by atoms with Gasteiger partial charge in [-0.25, -0.2) is 0 Å². The molecule has 0 aliphatic carbocycles. The van der Waals surface area contributed by atoms with E-state index in [9.17, 15) is 4.79 Å². The lowest BCUT2D eigenvalue weighted by molar-refractivity contribution is -0.115. The number of hydrogen-bond donors (Lipinski definition) is 1. The van der Waals surface area contributed by atoms with Gasteiger partial charge in [0, 0.05) is 11.1 Å². The first-order chi connectivity index (χ1) is 17.4. The first kappa shape index (κ1) is 23.9. The molecular weight excluding hydrogens is 468 g/mol. The van der Waals surface area contributed by atoms with E-state index in [-0.39, 0.29) is 11.2 Å². The molecule has 6 nitrogen and oxygen atoms in total. The number of hydrogen-bond acceptors (Lipinski definition) is 5. The summed E-state index contributed by atoms with van der Waals surface area (Å²) in [6.45, 7) is 8.32. The third-order valence-electron chi connectivity index (χ3n) is 6.11. The van der Waals surface area contributed by atoms with Crippen LogP contribution in [0.3, 0.4) is 0 Å². The van der Waals surface area contributed by atoms with Gasteiger partial charge in [0.15, 0.2) is 10.8 Å². The van der Waals surface area contributed by atoms with E-state index in [1.54, 1.807) is 0 Å². The van der Waals surface area contributed by atoms with Crippen LogP contribution >= 0.6 is 11.8 Å². The summed E-state index contributed by atoms with van der Waals surface area (Å²) >= 11 is 1.44. The Morgan fingerprint density at radius 3 is 2.39 bits per heavy atom. The molecule has 0 fully saturated rings. The maximum absolute atomic E-state index is 13.2. The molecule has 1 atom stereocenters. The summed E-state index contributed by atoms with van der Waals surface area (Å²) in [6.07, 6.45) is 0.655. The van der Waals surface area contributed by atoms with Crippen molar-refractivity contribution in [2.75, 3.05) is 5.32 Å². The van der Waals surface area contributed by atoms with E-state index in [1.807, 2.05) is 61.5 Å². The van der Waals surface area contributed by atoms with Gasteiger partial charge < -0.3 is 10.1 Å². The molecule has 5 aromatic rings. The van der Waals surface area contributed by atoms with Crippen molar-refractivity contribution in [2.45, 2.75) is 44.5 Å². The summed E-state index contributed by atoms with van der Waals surface area (Å²) in [5, 5.41) is 13.5. The zero-order chi connectivity index (χ0) is 25.2. The third-order valence-corrected chi connectivity index (χ3v) is 7.42. The molecule has 0 saturated carbocycles. The van der Waals surface area contributed by atoms with Gasteiger partial charge in [-0.3, -0.25) is 9.20 Å². The van der Waals surface area contributed by atoms with Crippen LogP contribution < -0.4 is 10.1 Å². The molecule has 1 unspecified atom stereocenters. The van der Waals surface area contributed by atoms with Crippen LogP contribution in [0, 0.1) is 20.8 Å². The summed E-state index contributed by atoms with van der Waals surface area (Å²) < 4.78 is 7.92. The smallest absolute Gasteiger partial charge is 0.237 e. The Hall–Kier alpha value is -3.84. The second-order valence-electron chi connectivity index (χ2n) is 8.93. The molecule has 36 heavy (non-hydrogen) atoms. The SMILES string of the molecule is CCC(Sc1nnc2cc(C)c3cc(C)cc(C)c3n12)C(=O)Nc1ccc(Oc2ccccc2)cc1. The average Bonchev–Trinajstić information content (AvgIpc) is 3.26. The summed E-state index contributed by atoms with van der Waals surface area (Å²) in [4.78, 5) is 13.2. The van der Waals surface area contributed by atoms with Crippen LogP contribution in [0.2, 0.25) is 0 Å². The number of para-hydroxylation sites is 1. The Morgan fingerprint density at radius 2 is 1.67 bits per heavy atom. The molecule has 182 valence electrons. The third kappa shape index (κ3) is 4.79. The molecule has 1 N–H and O–H groups in total. The van der Waals surface area contributed by atoms with Gasteiger partial charge >= 0.3 is 0 Å². The van der Waals surface area contributed by atoms with Gasteiger partial charge in [-0.2, -0.15) is 0 Å². The highest BCUT2D eigenvalue weighted by Gasteiger charge is 2.22. The molecule has 0 aliphatic rings. The molecule has 5 rings (SSSR count). The van der Waals surface area contributed by atoms with Gasteiger partial charge in [0.25, 0.3) is 0 Å². The normalized spacial score (nSPS) is 12.1. The van der Waals surface area contributed by atoms with E-state index in [1.165, 1.54) is 22.7 Å². The number of amides is 1. The van der Waals surface area contributed by atoms with Crippen LogP contribution in [0.5, 0.6) is 11.5 Å². The number of carbonyl (C=O) groups is 1. The molecule has 0 saturated heterocycles. The second kappa shape index (κ2) is 10.0. The first-order valence-electron chi connectivity index (χ1n) is 12.0. The van der Waals surface area contributed by atoms with E-state index < -0.39 is 0 Å². The Morgan fingerprint density at radius 1 is 0.944 bits per heavy atom. The number of aromatic nitrogens is 3. The van der Waals surface area contributed by atoms with Crippen molar-refractivity contribution in [2.24, 2.45) is 0 Å². The largest absolute Gasteiger partial charge is 0.457 e. The van der Waals surface area contributed by atoms with Crippen LogP contribution in [0.25, 0.3) is 16.6 Å². The predicted octanol–water partition coefficient (Wildman–Crippen LogP) is 7.11. The fraction of sp³-hybridized carbons (Fsp3) is 0.207. The second-order valence-corrected chi connectivity index (χ2v) is 10.1. The van der Waals surface area contributed by atoms with Crippen LogP contribution in [0.4, 0.5) is 5.69 Å². The lowest BCUT2D eigenvalue weighted by Gasteiger charge is -2.16. The van der Waals surface area contributed by atoms with Crippen molar-refractivity contribution in [1.29, 1.82) is 0 Å². The standard InChI is InChI=1S/C29H28N4O2S/c1-5-25(28(34)30-21-11-13-23(14-12-21)35-22-9-7-6-8-10-22)36-29-32-31-26-17-19(3)24-16-18(2)15-20(4)27(24)33(26)29/h6-17,25H,5H2,1-4H3,(H,30,34). The highest BCUT2D eigenvalue weighted by atomic mass is 32.2. The topological polar surface area (TPSA) is 68.5 Å². The Balaban J connectivity index is 1.36. The van der Waals surface area contributed by atoms with Crippen LogP contribution in [-0.2, 0) is 4.79 Å². The lowest BCUT2D eigenvalue weighted by atomic mass is 10.0. The monoisotopic (exact) mass is 496 g/mol. The minimum absolute atomic E-state index is 0.0695. The maximum atomic E-state index is 13.2. The van der Waals surface area contributed by atoms with Crippen LogP contribution in [-0.4, -0.2) is 25.8 Å². The molecule has 2 heterocycles. The van der Waals surface area contributed by atoms with Crippen molar-refractivity contribution in [3.8, 4) is 11.5 Å². The van der Waals surface area contributed by atoms with E-state index >= 15 is 0 Å². The molecule has 2 aromatic heterocycles. The van der Waals surface area contributed by atoms with Gasteiger partial charge in [0.1, 0.15) is 11.5 Å². The van der Waals surface area contributed by atoms with E-state index in [4.69, 9.17) is 4.74 Å². The van der Waals surface area contributed by atoms with Crippen molar-refractivity contribution in [1.82, 2.24) is 14.6 Å². The Kier molecular flexibility index (Phi) is 6.65. The first-order valence-corrected chi connectivity index (χ1v) is 12.9. The summed E-state index contributed by atoms with van der Waals surface area (Å²) in [6, 6.07) is 23.4. The van der Waals surface area contributed by atoms with Gasteiger partial charge in [-0.15, -0.1) is 10.2 Å². The molecule has 0 bridgehead atoms. The number of anilines is 1. The number of fused-ring (bicyclic) bond motifs is 3. The quantitative estimate of drug-likeness (QED) is 0.243. The van der Waals surface area contributed by atoms with Crippen molar-refractivity contribution in [3.05, 3.63) is 89.5 Å². The molecule has 3 aromatic carbocycles. The Bertz CT molecular complexity index is 1550. The number of nitrogens with zero attached hydrogens (tertiary/aromatic N) is 3. The van der Waals surface area contributed by atoms with Gasteiger partial charge in [0.2, 0.25) is 5.91 Å². The minimum atomic E-state index is -0.320. The van der Waals surface area contributed by atoms with E-state index in [0.29, 0.717) is 12.2 Å². The summed E-state index contributed by atoms with van der Waals surface area (Å²) in [5.74, 6) is 1.41. The van der Waals surface area contributed by atoms with Gasteiger partial charge in [-0.1, -0.05) is 48.5 Å². The highest BCUT2D eigenvalue weighted by Crippen LogP contribution is 2.32. The molecule has 0 aliphatic heterocycles. The number of nitrogens with one attached hydrogen (secondary N) is 1. The van der Waals surface area contributed by atoms with Crippen molar-refractivity contribution in [3.63, 3.8) is 0 Å². The fourth-order valence-corrected chi connectivity index (χ4v) is 5.36. The number of thioether (sulfide) groups is 1. The number of ether oxygens (including phenoxy) is 1. The van der Waals surface area contributed by atoms with E-state index in [2.05, 4.69) is 58.9 Å². The molecule has 1 amide bonds. The van der Waals surface area contributed by atoms with Crippen LogP contribution in [0.15, 0.2) is 78.0 Å². The molecule has 0 spiro atoms. The number of rotatable bonds is 7. The number of aryl methyl sites for hydroxylation is 3. The number of pyridine rings is 1. The van der Waals surface area contributed by atoms with Gasteiger partial charge in [0.05, 0.1) is 10.8 Å². The summed E-state index contributed by atoms with van der Waals surface area (Å²) in [5.41, 5.74) is 6.15. The zero-order valence-corrected chi connectivity index (χ0v) is 21.6. The van der Waals surface area contributed by atoms with Crippen molar-refractivity contribution < 1.29 is 9.53 Å². The lowest BCUT2D eigenvalue weighted by Crippen LogP contribution is -2.24. The number of benzene rings is 3. The predicted molar refractivity (Wildman–Crippen MR) is 146 cm³/mol.